The van der Waals surface area contributed by atoms with Crippen LogP contribution in [-0.4, -0.2) is 57.3 Å². The maximum Gasteiger partial charge on any atom is 0.421 e. The molecule has 3 atom stereocenters. The van der Waals surface area contributed by atoms with Gasteiger partial charge in [0, 0.05) is 36.7 Å². The number of halogens is 1. The minimum Gasteiger partial charge on any atom is -0.400 e. The van der Waals surface area contributed by atoms with Gasteiger partial charge in [-0.25, -0.2) is 18.9 Å². The summed E-state index contributed by atoms with van der Waals surface area (Å²) in [5, 5.41) is 10.9. The normalized spacial score (nSPS) is 27.0. The number of aliphatic hydroxyl groups is 1. The van der Waals surface area contributed by atoms with Crippen LogP contribution in [0.1, 0.15) is 34.3 Å². The van der Waals surface area contributed by atoms with E-state index in [1.165, 1.54) is 6.20 Å². The molecule has 3 heterocycles. The zero-order chi connectivity index (χ0) is 22.5. The molecule has 166 valence electrons. The van der Waals surface area contributed by atoms with Crippen LogP contribution in [0.15, 0.2) is 42.7 Å². The molecule has 0 bridgehead atoms. The van der Waals surface area contributed by atoms with Gasteiger partial charge in [0.25, 0.3) is 0 Å². The highest BCUT2D eigenvalue weighted by atomic mass is 19.1. The number of esters is 2. The highest BCUT2D eigenvalue weighted by Gasteiger charge is 2.59. The summed E-state index contributed by atoms with van der Waals surface area (Å²) < 4.78 is 24.4. The van der Waals surface area contributed by atoms with Gasteiger partial charge in [0.05, 0.1) is 18.7 Å². The van der Waals surface area contributed by atoms with Gasteiger partial charge in [-0.3, -0.25) is 9.78 Å². The molecule has 0 amide bonds. The van der Waals surface area contributed by atoms with E-state index < -0.39 is 41.7 Å². The molecule has 2 fully saturated rings. The van der Waals surface area contributed by atoms with Gasteiger partial charge < -0.3 is 14.6 Å². The van der Waals surface area contributed by atoms with E-state index in [9.17, 15) is 23.9 Å². The maximum atomic E-state index is 13.6. The maximum absolute atomic E-state index is 13.6. The number of hydrogen-bond donors (Lipinski definition) is 1. The minimum absolute atomic E-state index is 0.0980. The number of pyridine rings is 1. The van der Waals surface area contributed by atoms with E-state index in [4.69, 9.17) is 9.47 Å². The van der Waals surface area contributed by atoms with Gasteiger partial charge in [0.1, 0.15) is 5.82 Å². The molecule has 2 saturated heterocycles. The van der Waals surface area contributed by atoms with Crippen LogP contribution < -0.4 is 0 Å². The smallest absolute Gasteiger partial charge is 0.400 e. The standard InChI is InChI=1S/C23H21FN2O6/c24-17-7-16(11-25-12-17)20(28)15-5-6-26(23(10-15)31-21(29)22(30)32-23)18-8-13-3-1-2-4-14(13)9-19(18)27/h1-4,7,11-12,15,18-19,27H,5-6,8-10H2. The van der Waals surface area contributed by atoms with E-state index >= 15 is 0 Å². The number of ketones is 1. The number of benzene rings is 1. The molecule has 32 heavy (non-hydrogen) atoms. The Balaban J connectivity index is 1.45. The molecular formula is C23H21FN2O6. The summed E-state index contributed by atoms with van der Waals surface area (Å²) >= 11 is 0. The fourth-order valence-electron chi connectivity index (χ4n) is 5.01. The second-order valence-electron chi connectivity index (χ2n) is 8.44. The summed E-state index contributed by atoms with van der Waals surface area (Å²) in [5.74, 6) is -5.75. The van der Waals surface area contributed by atoms with Crippen molar-refractivity contribution in [2.45, 2.75) is 43.7 Å². The molecule has 9 heteroatoms. The van der Waals surface area contributed by atoms with Crippen molar-refractivity contribution in [3.8, 4) is 0 Å². The third kappa shape index (κ3) is 3.47. The first-order valence-electron chi connectivity index (χ1n) is 10.5. The Bertz CT molecular complexity index is 1090. The molecule has 1 aliphatic carbocycles. The van der Waals surface area contributed by atoms with Crippen LogP contribution in [0.5, 0.6) is 0 Å². The Labute approximate surface area is 183 Å². The lowest BCUT2D eigenvalue weighted by Crippen LogP contribution is -2.63. The van der Waals surface area contributed by atoms with E-state index in [2.05, 4.69) is 4.98 Å². The van der Waals surface area contributed by atoms with E-state index in [-0.39, 0.29) is 24.3 Å². The molecule has 8 nitrogen and oxygen atoms in total. The number of ether oxygens (including phenoxy) is 2. The molecule has 0 radical (unpaired) electrons. The van der Waals surface area contributed by atoms with Crippen LogP contribution in [0.2, 0.25) is 0 Å². The summed E-state index contributed by atoms with van der Waals surface area (Å²) in [6, 6.07) is 8.38. The molecule has 2 aliphatic heterocycles. The van der Waals surface area contributed by atoms with Gasteiger partial charge in [-0.2, -0.15) is 0 Å². The fraction of sp³-hybridized carbons (Fsp3) is 0.391. The van der Waals surface area contributed by atoms with Crippen molar-refractivity contribution in [3.05, 3.63) is 65.2 Å². The molecule has 3 unspecified atom stereocenters. The van der Waals surface area contributed by atoms with Crippen molar-refractivity contribution in [2.75, 3.05) is 6.54 Å². The summed E-state index contributed by atoms with van der Waals surface area (Å²) in [4.78, 5) is 42.5. The average Bonchev–Trinajstić information content (AvgIpc) is 3.06. The second kappa shape index (κ2) is 7.75. The minimum atomic E-state index is -1.79. The number of carbonyl (C=O) groups is 3. The van der Waals surface area contributed by atoms with Crippen LogP contribution in [0.25, 0.3) is 0 Å². The number of rotatable bonds is 3. The van der Waals surface area contributed by atoms with Crippen LogP contribution >= 0.6 is 0 Å². The summed E-state index contributed by atoms with van der Waals surface area (Å²) in [6.07, 6.45) is 2.64. The molecule has 1 spiro atoms. The Morgan fingerprint density at radius 2 is 1.81 bits per heavy atom. The first-order chi connectivity index (χ1) is 15.4. The van der Waals surface area contributed by atoms with Gasteiger partial charge in [-0.15, -0.1) is 0 Å². The van der Waals surface area contributed by atoms with Crippen molar-refractivity contribution in [3.63, 3.8) is 0 Å². The van der Waals surface area contributed by atoms with E-state index in [1.54, 1.807) is 4.90 Å². The van der Waals surface area contributed by atoms with E-state index in [0.29, 0.717) is 19.3 Å². The van der Waals surface area contributed by atoms with Crippen molar-refractivity contribution < 1.29 is 33.4 Å². The predicted octanol–water partition coefficient (Wildman–Crippen LogP) is 1.40. The number of piperidine rings is 1. The fourth-order valence-corrected chi connectivity index (χ4v) is 5.01. The number of nitrogens with zero attached hydrogens (tertiary/aromatic N) is 2. The van der Waals surface area contributed by atoms with Crippen molar-refractivity contribution in [2.24, 2.45) is 5.92 Å². The average molecular weight is 440 g/mol. The first-order valence-corrected chi connectivity index (χ1v) is 10.5. The number of Topliss-reactive ketones (excluding diaryl/α,β-unsaturated/α-hetero) is 1. The Morgan fingerprint density at radius 3 is 2.50 bits per heavy atom. The zero-order valence-corrected chi connectivity index (χ0v) is 17.1. The Kier molecular flexibility index (Phi) is 5.02. The Morgan fingerprint density at radius 1 is 1.12 bits per heavy atom. The number of carbonyl (C=O) groups excluding carboxylic acids is 3. The largest absolute Gasteiger partial charge is 0.421 e. The lowest BCUT2D eigenvalue weighted by molar-refractivity contribution is -0.285. The quantitative estimate of drug-likeness (QED) is 0.434. The number of fused-ring (bicyclic) bond motifs is 1. The SMILES string of the molecule is O=C1OC2(CC(C(=O)c3cncc(F)c3)CCN2C2Cc3ccccc3CC2O)OC1=O. The zero-order valence-electron chi connectivity index (χ0n) is 17.1. The molecule has 0 saturated carbocycles. The number of hydrogen-bond acceptors (Lipinski definition) is 8. The van der Waals surface area contributed by atoms with Gasteiger partial charge in [0.2, 0.25) is 0 Å². The molecule has 3 aliphatic rings. The van der Waals surface area contributed by atoms with Crippen LogP contribution in [0.3, 0.4) is 0 Å². The highest BCUT2D eigenvalue weighted by Crippen LogP contribution is 2.42. The molecule has 1 N–H and O–H groups in total. The predicted molar refractivity (Wildman–Crippen MR) is 107 cm³/mol. The monoisotopic (exact) mass is 440 g/mol. The molecular weight excluding hydrogens is 419 g/mol. The van der Waals surface area contributed by atoms with Gasteiger partial charge in [-0.05, 0) is 30.0 Å². The summed E-state index contributed by atoms with van der Waals surface area (Å²) in [7, 11) is 0. The molecule has 5 rings (SSSR count). The van der Waals surface area contributed by atoms with Gasteiger partial charge in [-0.1, -0.05) is 24.3 Å². The number of aromatic nitrogens is 1. The van der Waals surface area contributed by atoms with E-state index in [1.807, 2.05) is 24.3 Å². The van der Waals surface area contributed by atoms with Crippen LogP contribution in [-0.2, 0) is 31.9 Å². The van der Waals surface area contributed by atoms with Crippen LogP contribution in [0, 0.1) is 11.7 Å². The van der Waals surface area contributed by atoms with Crippen LogP contribution in [0.4, 0.5) is 4.39 Å². The number of likely N-dealkylation sites (tertiary alicyclic amines) is 1. The van der Waals surface area contributed by atoms with Gasteiger partial charge in [0.15, 0.2) is 5.78 Å². The molecule has 1 aromatic carbocycles. The van der Waals surface area contributed by atoms with E-state index in [0.717, 1.165) is 23.4 Å². The second-order valence-corrected chi connectivity index (χ2v) is 8.44. The molecule has 2 aromatic rings. The Hall–Kier alpha value is -3.17. The number of aliphatic hydroxyl groups excluding tert-OH is 1. The van der Waals surface area contributed by atoms with Crippen molar-refractivity contribution in [1.29, 1.82) is 0 Å². The summed E-state index contributed by atoms with van der Waals surface area (Å²) in [5.41, 5.74) is 2.19. The third-order valence-electron chi connectivity index (χ3n) is 6.51. The van der Waals surface area contributed by atoms with Gasteiger partial charge >= 0.3 is 17.8 Å². The summed E-state index contributed by atoms with van der Waals surface area (Å²) in [6.45, 7) is 0.240. The van der Waals surface area contributed by atoms with Crippen molar-refractivity contribution >= 4 is 17.7 Å². The first kappa shape index (κ1) is 20.7. The topological polar surface area (TPSA) is 106 Å². The molecule has 1 aromatic heterocycles. The third-order valence-corrected chi connectivity index (χ3v) is 6.51. The lowest BCUT2D eigenvalue weighted by atomic mass is 9.81. The lowest BCUT2D eigenvalue weighted by Gasteiger charge is -2.49. The highest BCUT2D eigenvalue weighted by molar-refractivity contribution is 6.31. The van der Waals surface area contributed by atoms with Crippen molar-refractivity contribution in [1.82, 2.24) is 9.88 Å².